The van der Waals surface area contributed by atoms with Crippen molar-refractivity contribution in [1.82, 2.24) is 38.6 Å². The highest BCUT2D eigenvalue weighted by Gasteiger charge is 2.25. The number of benzene rings is 6. The van der Waals surface area contributed by atoms with Crippen molar-refractivity contribution in [2.24, 2.45) is 0 Å². The van der Waals surface area contributed by atoms with Crippen molar-refractivity contribution in [3.8, 4) is 40.1 Å². The van der Waals surface area contributed by atoms with E-state index in [1.54, 1.807) is 0 Å². The number of rotatable bonds is 5. The lowest BCUT2D eigenvalue weighted by molar-refractivity contribution is 0.950. The number of fused-ring (bicyclic) bond motifs is 9. The standard InChI is InChI=1S/C49H30N8/c1-2-13-31(14-3-1)47-52-48(54-49(53-47)57-41-22-10-6-15-32(41)33-16-7-11-23-42(33)57)38-19-12-24-43(55-39-20-8-4-17-34(39)36-25-27-50-29-44(36)55)46(38)56-40-21-9-5-18-35(40)37-26-28-51-30-45(37)56/h1-30H/i1D,2D,3D,4D,5D,6D,7D,8D,9D,10D,11D,12D,13D,14D,15D,16D,17D,18D,19D,20D,21D,22D,23D,24D. The van der Waals surface area contributed by atoms with Gasteiger partial charge in [0.15, 0.2) is 11.6 Å². The molecule has 8 heteroatoms. The zero-order chi connectivity index (χ0) is 58.3. The van der Waals surface area contributed by atoms with Gasteiger partial charge in [-0.25, -0.2) is 4.98 Å². The monoisotopic (exact) mass is 754 g/mol. The molecular weight excluding hydrogens is 701 g/mol. The average Bonchev–Trinajstić information content (AvgIpc) is 4.26. The van der Waals surface area contributed by atoms with E-state index in [1.807, 2.05) is 0 Å². The number of hydrogen-bond acceptors (Lipinski definition) is 5. The molecule has 57 heavy (non-hydrogen) atoms. The Kier molecular flexibility index (Phi) is 3.45. The van der Waals surface area contributed by atoms with Gasteiger partial charge in [0.25, 0.3) is 0 Å². The van der Waals surface area contributed by atoms with Crippen LogP contribution >= 0.6 is 0 Å². The molecule has 12 aromatic rings. The molecule has 266 valence electrons. The molecule has 0 atom stereocenters. The van der Waals surface area contributed by atoms with Crippen molar-refractivity contribution >= 4 is 65.4 Å². The molecule has 0 amide bonds. The molecule has 0 saturated heterocycles. The van der Waals surface area contributed by atoms with Crippen LogP contribution in [0.3, 0.4) is 0 Å². The maximum atomic E-state index is 9.99. The SMILES string of the molecule is [2H]c1c([2H])c([2H])c(-c2nc(-c3c([2H])c([2H])c([2H])c(-n4c5cnccc5c5c([2H])c([2H])c([2H])c([2H])c54)c3-n3c4cnccc4c4c([2H])c([2H])c([2H])c([2H])c43)nc(-n3c4c([2H])c([2H])c([2H])c([2H])c4c4c([2H])c([2H])c([2H])c([2H])c43)n2)c([2H])c1[2H]. The summed E-state index contributed by atoms with van der Waals surface area (Å²) >= 11 is 0. The molecule has 6 aromatic heterocycles. The number of pyridine rings is 2. The van der Waals surface area contributed by atoms with Crippen molar-refractivity contribution in [1.29, 1.82) is 0 Å². The number of aromatic nitrogens is 8. The molecule has 8 nitrogen and oxygen atoms in total. The fourth-order valence-corrected chi connectivity index (χ4v) is 7.20. The molecule has 0 aliphatic heterocycles. The van der Waals surface area contributed by atoms with Gasteiger partial charge in [0, 0.05) is 55.8 Å². The summed E-state index contributed by atoms with van der Waals surface area (Å²) < 4.78 is 221. The van der Waals surface area contributed by atoms with Crippen LogP contribution in [0.4, 0.5) is 0 Å². The molecule has 0 bridgehead atoms. The highest BCUT2D eigenvalue weighted by molar-refractivity contribution is 6.12. The second-order valence-electron chi connectivity index (χ2n) is 12.4. The Bertz CT molecular complexity index is 4850. The first kappa shape index (κ1) is 16.0. The van der Waals surface area contributed by atoms with Crippen LogP contribution < -0.4 is 0 Å². The van der Waals surface area contributed by atoms with E-state index >= 15 is 0 Å². The van der Waals surface area contributed by atoms with Gasteiger partial charge >= 0.3 is 0 Å². The highest BCUT2D eigenvalue weighted by atomic mass is 15.2. The van der Waals surface area contributed by atoms with Gasteiger partial charge in [-0.1, -0.05) is 109 Å². The van der Waals surface area contributed by atoms with Crippen molar-refractivity contribution in [2.45, 2.75) is 0 Å². The van der Waals surface area contributed by atoms with E-state index in [9.17, 15) is 11.0 Å². The van der Waals surface area contributed by atoms with E-state index in [0.29, 0.717) is 0 Å². The summed E-state index contributed by atoms with van der Waals surface area (Å²) in [4.78, 5) is 22.6. The zero-order valence-corrected chi connectivity index (χ0v) is 28.5. The van der Waals surface area contributed by atoms with Crippen LogP contribution in [0.15, 0.2) is 182 Å². The van der Waals surface area contributed by atoms with Crippen LogP contribution in [-0.4, -0.2) is 38.6 Å². The molecule has 0 unspecified atom stereocenters. The smallest absolute Gasteiger partial charge is 0.238 e. The minimum absolute atomic E-state index is 0.0252. The molecule has 0 spiro atoms. The largest absolute Gasteiger partial charge is 0.306 e. The molecule has 0 N–H and O–H groups in total. The number of para-hydroxylation sites is 5. The Hall–Kier alpha value is -7.97. The highest BCUT2D eigenvalue weighted by Crippen LogP contribution is 2.42. The van der Waals surface area contributed by atoms with E-state index in [4.69, 9.17) is 26.9 Å². The Labute approximate surface area is 359 Å². The van der Waals surface area contributed by atoms with Crippen LogP contribution in [-0.2, 0) is 0 Å². The molecule has 0 aliphatic rings. The fourth-order valence-electron chi connectivity index (χ4n) is 7.20. The van der Waals surface area contributed by atoms with Crippen molar-refractivity contribution < 1.29 is 32.9 Å². The van der Waals surface area contributed by atoms with Gasteiger partial charge < -0.3 is 9.13 Å². The molecule has 0 saturated carbocycles. The molecule has 0 fully saturated rings. The van der Waals surface area contributed by atoms with Crippen molar-refractivity contribution in [3.63, 3.8) is 0 Å². The van der Waals surface area contributed by atoms with E-state index in [0.717, 1.165) is 13.7 Å². The summed E-state index contributed by atoms with van der Waals surface area (Å²) in [5.41, 5.74) is -4.37. The third kappa shape index (κ3) is 4.64. The summed E-state index contributed by atoms with van der Waals surface area (Å²) in [7, 11) is 0. The molecule has 0 radical (unpaired) electrons. The van der Waals surface area contributed by atoms with Gasteiger partial charge in [0.1, 0.15) is 0 Å². The minimum Gasteiger partial charge on any atom is -0.306 e. The van der Waals surface area contributed by atoms with Gasteiger partial charge in [0.05, 0.1) is 89.8 Å². The Balaban J connectivity index is 1.40. The first-order chi connectivity index (χ1) is 38.3. The number of hydrogen-bond donors (Lipinski definition) is 0. The van der Waals surface area contributed by atoms with Crippen molar-refractivity contribution in [2.75, 3.05) is 0 Å². The van der Waals surface area contributed by atoms with E-state index < -0.39 is 207 Å². The molecule has 6 heterocycles. The summed E-state index contributed by atoms with van der Waals surface area (Å²) in [5.74, 6) is -2.52. The van der Waals surface area contributed by atoms with Gasteiger partial charge in [-0.3, -0.25) is 14.5 Å². The van der Waals surface area contributed by atoms with Crippen LogP contribution in [0.1, 0.15) is 32.9 Å². The van der Waals surface area contributed by atoms with Crippen LogP contribution in [0, 0.1) is 0 Å². The second-order valence-corrected chi connectivity index (χ2v) is 12.4. The topological polar surface area (TPSA) is 79.2 Å². The van der Waals surface area contributed by atoms with Crippen LogP contribution in [0.2, 0.25) is 0 Å². The normalized spacial score (nSPS) is 17.8. The first-order valence-corrected chi connectivity index (χ1v) is 17.0. The molecule has 6 aromatic carbocycles. The lowest BCUT2D eigenvalue weighted by Gasteiger charge is -2.20. The molecular formula is C49H30N8. The maximum absolute atomic E-state index is 9.99. The summed E-state index contributed by atoms with van der Waals surface area (Å²) in [6.45, 7) is 0. The Morgan fingerprint density at radius 2 is 0.877 bits per heavy atom. The van der Waals surface area contributed by atoms with E-state index in [2.05, 4.69) is 19.9 Å². The Morgan fingerprint density at radius 1 is 0.386 bits per heavy atom. The van der Waals surface area contributed by atoms with Gasteiger partial charge in [-0.05, 0) is 48.4 Å². The van der Waals surface area contributed by atoms with Gasteiger partial charge in [-0.15, -0.1) is 0 Å². The van der Waals surface area contributed by atoms with Gasteiger partial charge in [-0.2, -0.15) is 9.97 Å². The lowest BCUT2D eigenvalue weighted by atomic mass is 10.1. The van der Waals surface area contributed by atoms with Crippen LogP contribution in [0.25, 0.3) is 106 Å². The predicted molar refractivity (Wildman–Crippen MR) is 229 cm³/mol. The lowest BCUT2D eigenvalue weighted by Crippen LogP contribution is -2.10. The quantitative estimate of drug-likeness (QED) is 0.175. The Morgan fingerprint density at radius 3 is 1.49 bits per heavy atom. The summed E-state index contributed by atoms with van der Waals surface area (Å²) in [5, 5.41) is -0.920. The van der Waals surface area contributed by atoms with E-state index in [-0.39, 0.29) is 43.6 Å². The fraction of sp³-hybridized carbons (Fsp3) is 0. The molecule has 12 rings (SSSR count). The van der Waals surface area contributed by atoms with Crippen LogP contribution in [0.5, 0.6) is 0 Å². The summed E-state index contributed by atoms with van der Waals surface area (Å²) in [6, 6.07) is -16.3. The third-order valence-corrected chi connectivity index (χ3v) is 9.48. The minimum atomic E-state index is -0.950. The first-order valence-electron chi connectivity index (χ1n) is 29.0. The van der Waals surface area contributed by atoms with Crippen molar-refractivity contribution in [3.05, 3.63) is 182 Å². The van der Waals surface area contributed by atoms with E-state index in [1.165, 1.54) is 36.9 Å². The maximum Gasteiger partial charge on any atom is 0.238 e. The average molecular weight is 755 g/mol. The van der Waals surface area contributed by atoms with Gasteiger partial charge in [0.2, 0.25) is 5.95 Å². The summed E-state index contributed by atoms with van der Waals surface area (Å²) in [6.07, 6.45) is 5.15. The third-order valence-electron chi connectivity index (χ3n) is 9.48. The predicted octanol–water partition coefficient (Wildman–Crippen LogP) is 11.3. The molecule has 0 aliphatic carbocycles. The number of nitrogens with zero attached hydrogens (tertiary/aromatic N) is 8. The second kappa shape index (κ2) is 12.3. The zero-order valence-electron chi connectivity index (χ0n) is 52.5.